The molecule has 0 aliphatic carbocycles. The molecule has 0 N–H and O–H groups in total. The summed E-state index contributed by atoms with van der Waals surface area (Å²) in [4.78, 5) is 8.48. The van der Waals surface area contributed by atoms with Crippen molar-refractivity contribution < 1.29 is 25.2 Å². The first-order valence-electron chi connectivity index (χ1n) is 19.7. The third kappa shape index (κ3) is 5.68. The molecular formula is C50H36N4Pt. The Hall–Kier alpha value is -6.22. The molecule has 7 aromatic carbocycles. The topological polar surface area (TPSA) is 24.3 Å². The average molecular weight is 891 g/mol. The number of pyridine rings is 1. The third-order valence-corrected chi connectivity index (χ3v) is 10.7. The van der Waals surface area contributed by atoms with Crippen molar-refractivity contribution in [1.82, 2.24) is 9.55 Å². The molecule has 4 nitrogen and oxygen atoms in total. The van der Waals surface area contributed by atoms with E-state index in [0.29, 0.717) is 5.69 Å². The van der Waals surface area contributed by atoms with Gasteiger partial charge in [0.05, 0.1) is 18.0 Å². The fraction of sp³-hybridized carbons (Fsp3) is 0.0600. The van der Waals surface area contributed by atoms with Gasteiger partial charge in [0.15, 0.2) is 0 Å². The van der Waals surface area contributed by atoms with Crippen LogP contribution in [0.25, 0.3) is 38.8 Å². The van der Waals surface area contributed by atoms with Gasteiger partial charge in [0.25, 0.3) is 0 Å². The second kappa shape index (κ2) is 14.2. The molecule has 55 heavy (non-hydrogen) atoms. The molecule has 0 bridgehead atoms. The van der Waals surface area contributed by atoms with E-state index in [2.05, 4.69) is 150 Å². The first-order chi connectivity index (χ1) is 27.9. The maximum Gasteiger partial charge on any atom is 2.00 e. The van der Waals surface area contributed by atoms with Crippen LogP contribution in [0.1, 0.15) is 26.4 Å². The fourth-order valence-corrected chi connectivity index (χ4v) is 8.26. The van der Waals surface area contributed by atoms with Gasteiger partial charge in [-0.15, -0.1) is 22.6 Å². The van der Waals surface area contributed by atoms with Crippen LogP contribution < -0.4 is 9.80 Å². The van der Waals surface area contributed by atoms with Crippen LogP contribution in [0, 0.1) is 12.1 Å². The molecule has 266 valence electrons. The van der Waals surface area contributed by atoms with Gasteiger partial charge in [-0.1, -0.05) is 133 Å². The molecule has 0 spiro atoms. The summed E-state index contributed by atoms with van der Waals surface area (Å²) in [7, 11) is 0. The van der Waals surface area contributed by atoms with E-state index in [1.165, 1.54) is 4.90 Å². The van der Waals surface area contributed by atoms with Gasteiger partial charge in [0, 0.05) is 28.2 Å². The molecule has 5 heteroatoms. The molecule has 0 amide bonds. The molecule has 10 rings (SSSR count). The van der Waals surface area contributed by atoms with Gasteiger partial charge in [0.1, 0.15) is 5.82 Å². The summed E-state index contributed by atoms with van der Waals surface area (Å²) in [6.45, 7) is -2.13. The second-order valence-electron chi connectivity index (χ2n) is 13.7. The van der Waals surface area contributed by atoms with Crippen LogP contribution in [0.15, 0.2) is 188 Å². The molecule has 0 unspecified atom stereocenters. The van der Waals surface area contributed by atoms with Crippen LogP contribution in [0.4, 0.5) is 17.1 Å². The molecule has 0 saturated heterocycles. The number of hydrogen-bond donors (Lipinski definition) is 0. The normalized spacial score (nSPS) is 13.6. The minimum atomic E-state index is -2.31. The van der Waals surface area contributed by atoms with Gasteiger partial charge < -0.3 is 14.4 Å². The number of anilines is 3. The Kier molecular flexibility index (Phi) is 8.05. The van der Waals surface area contributed by atoms with Crippen LogP contribution >= 0.6 is 0 Å². The van der Waals surface area contributed by atoms with Crippen molar-refractivity contribution in [3.63, 3.8) is 0 Å². The Balaban J connectivity index is 0.00000436. The number of para-hydroxylation sites is 3. The number of nitrogens with zero attached hydrogens (tertiary/aromatic N) is 4. The first-order valence-corrected chi connectivity index (χ1v) is 18.2. The van der Waals surface area contributed by atoms with Crippen molar-refractivity contribution in [3.05, 3.63) is 223 Å². The molecule has 0 radical (unpaired) electrons. The van der Waals surface area contributed by atoms with Crippen LogP contribution in [0.2, 0.25) is 0 Å². The predicted octanol–water partition coefficient (Wildman–Crippen LogP) is 11.4. The van der Waals surface area contributed by atoms with Gasteiger partial charge >= 0.3 is 21.1 Å². The van der Waals surface area contributed by atoms with Crippen molar-refractivity contribution in [2.24, 2.45) is 0 Å². The van der Waals surface area contributed by atoms with E-state index >= 15 is 0 Å². The Labute approximate surface area is 340 Å². The van der Waals surface area contributed by atoms with Crippen LogP contribution in [-0.4, -0.2) is 23.2 Å². The molecule has 0 atom stereocenters. The molecule has 1 aliphatic rings. The van der Waals surface area contributed by atoms with Gasteiger partial charge in [-0.2, -0.15) is 36.4 Å². The molecule has 0 fully saturated rings. The number of benzene rings is 7. The first kappa shape index (κ1) is 31.2. The molecule has 2 aromatic heterocycles. The van der Waals surface area contributed by atoms with Gasteiger partial charge in [-0.05, 0) is 58.0 Å². The van der Waals surface area contributed by atoms with Gasteiger partial charge in [-0.25, -0.2) is 4.98 Å². The summed E-state index contributed by atoms with van der Waals surface area (Å²) in [5, 5.41) is 2.19. The van der Waals surface area contributed by atoms with E-state index in [9.17, 15) is 0 Å². The van der Waals surface area contributed by atoms with E-state index in [1.54, 1.807) is 0 Å². The molecule has 3 heterocycles. The van der Waals surface area contributed by atoms with Crippen molar-refractivity contribution in [1.29, 1.82) is 0 Å². The summed E-state index contributed by atoms with van der Waals surface area (Å²) >= 11 is 0. The van der Waals surface area contributed by atoms with Gasteiger partial charge in [-0.3, -0.25) is 0 Å². The Morgan fingerprint density at radius 2 is 1.24 bits per heavy atom. The monoisotopic (exact) mass is 890 g/mol. The summed E-state index contributed by atoms with van der Waals surface area (Å²) in [6.07, 6.45) is 1.88. The maximum absolute atomic E-state index is 8.34. The zero-order valence-corrected chi connectivity index (χ0v) is 32.0. The average Bonchev–Trinajstić information content (AvgIpc) is 3.82. The summed E-state index contributed by atoms with van der Waals surface area (Å²) in [5.41, 5.74) is 9.52. The molecule has 9 aromatic rings. The summed E-state index contributed by atoms with van der Waals surface area (Å²) in [6, 6.07) is 70.3. The summed E-state index contributed by atoms with van der Waals surface area (Å²) in [5.74, 6) is 0.807. The smallest absolute Gasteiger partial charge is 0.355 e. The quantitative estimate of drug-likeness (QED) is 0.118. The van der Waals surface area contributed by atoms with Crippen LogP contribution in [0.3, 0.4) is 0 Å². The number of hydrogen-bond acceptors (Lipinski definition) is 3. The van der Waals surface area contributed by atoms with Crippen LogP contribution in [-0.2, 0) is 26.5 Å². The maximum atomic E-state index is 8.34. The van der Waals surface area contributed by atoms with E-state index < -0.39 is 12.4 Å². The van der Waals surface area contributed by atoms with E-state index in [1.807, 2.05) is 59.6 Å². The summed E-state index contributed by atoms with van der Waals surface area (Å²) < 4.78 is 27.3. The van der Waals surface area contributed by atoms with Crippen molar-refractivity contribution in [2.75, 3.05) is 23.4 Å². The van der Waals surface area contributed by atoms with E-state index in [4.69, 9.17) is 9.10 Å². The van der Waals surface area contributed by atoms with Crippen molar-refractivity contribution >= 4 is 38.9 Å². The van der Waals surface area contributed by atoms with E-state index in [-0.39, 0.29) is 27.7 Å². The third-order valence-electron chi connectivity index (χ3n) is 10.7. The molecular weight excluding hydrogens is 852 g/mol. The zero-order chi connectivity index (χ0) is 38.6. The number of fused-ring (bicyclic) bond motifs is 4. The van der Waals surface area contributed by atoms with E-state index in [0.717, 1.165) is 72.4 Å². The number of rotatable bonds is 7. The molecule has 0 saturated carbocycles. The predicted molar refractivity (Wildman–Crippen MR) is 222 cm³/mol. The van der Waals surface area contributed by atoms with Crippen LogP contribution in [0.5, 0.6) is 0 Å². The minimum Gasteiger partial charge on any atom is -0.355 e. The Bertz CT molecular complexity index is 2850. The van der Waals surface area contributed by atoms with Crippen molar-refractivity contribution in [3.8, 4) is 16.9 Å². The molecule has 1 aliphatic heterocycles. The Morgan fingerprint density at radius 1 is 0.582 bits per heavy atom. The largest absolute Gasteiger partial charge is 2.00 e. The number of aromatic nitrogens is 2. The Morgan fingerprint density at radius 3 is 1.98 bits per heavy atom. The minimum absolute atomic E-state index is 0. The standard InChI is InChI=1S/C50H36N4.Pt/c1-52-35-53(47-27-14-13-26-46(47)52)42-23-15-22-40(33-42)50(38-18-7-3-8-19-38,39-20-9-4-10-21-39)41-28-29-44-43-24-11-12-25-45(43)54(48(44)34-41)49-32-37(30-31-51-49)36-16-5-2-6-17-36;/h2-32H,35H2,1H3;/q-2;+2/i1D3;. The zero-order valence-electron chi connectivity index (χ0n) is 32.7. The van der Waals surface area contributed by atoms with Crippen molar-refractivity contribution in [2.45, 2.75) is 5.41 Å². The van der Waals surface area contributed by atoms with Gasteiger partial charge in [0.2, 0.25) is 0 Å². The second-order valence-corrected chi connectivity index (χ2v) is 13.7. The fourth-order valence-electron chi connectivity index (χ4n) is 8.26. The SMILES string of the molecule is [2H]C([2H])([2H])N1CN(c2[c-]c(C(c3[c-]c4c(cc3)c3ccccc3n4-c3cc(-c4ccccc4)ccn3)(c3ccccc3)c3ccccc3)ccc2)c2ccccc21.[Pt+2].